The van der Waals surface area contributed by atoms with Gasteiger partial charge < -0.3 is 28.6 Å². The summed E-state index contributed by atoms with van der Waals surface area (Å²) >= 11 is 0. The number of aryl methyl sites for hydroxylation is 1. The zero-order valence-electron chi connectivity index (χ0n) is 27.3. The molecule has 0 aromatic heterocycles. The number of fused-ring (bicyclic) bond motifs is 1. The summed E-state index contributed by atoms with van der Waals surface area (Å²) in [5.41, 5.74) is 3.88. The quantitative estimate of drug-likeness (QED) is 0.176. The summed E-state index contributed by atoms with van der Waals surface area (Å²) < 4.78 is 59.4. The summed E-state index contributed by atoms with van der Waals surface area (Å²) in [4.78, 5) is 2.64. The molecule has 3 aliphatic heterocycles. The number of nitrogens with zero attached hydrogens (tertiary/aromatic N) is 2. The van der Waals surface area contributed by atoms with Gasteiger partial charge in [0.05, 0.1) is 49.2 Å². The summed E-state index contributed by atoms with van der Waals surface area (Å²) in [6, 6.07) is 21.1. The zero-order chi connectivity index (χ0) is 32.3. The summed E-state index contributed by atoms with van der Waals surface area (Å²) in [6.07, 6.45) is 1.80. The van der Waals surface area contributed by atoms with Gasteiger partial charge in [-0.05, 0) is 80.6 Å². The Morgan fingerprint density at radius 1 is 1.02 bits per heavy atom. The first-order chi connectivity index (χ1) is 22.2. The number of anilines is 1. The van der Waals surface area contributed by atoms with Crippen LogP contribution in [0.5, 0.6) is 11.5 Å². The number of rotatable bonds is 13. The molecule has 0 spiro atoms. The van der Waals surface area contributed by atoms with Crippen LogP contribution in [-0.4, -0.2) is 84.1 Å². The molecule has 10 heteroatoms. The van der Waals surface area contributed by atoms with E-state index in [0.717, 1.165) is 53.4 Å². The van der Waals surface area contributed by atoms with E-state index in [4.69, 9.17) is 23.7 Å². The zero-order valence-corrected chi connectivity index (χ0v) is 28.1. The van der Waals surface area contributed by atoms with E-state index in [-0.39, 0.29) is 30.2 Å². The predicted molar refractivity (Wildman–Crippen MR) is 177 cm³/mol. The van der Waals surface area contributed by atoms with Crippen LogP contribution < -0.4 is 14.4 Å². The first-order valence-electron chi connectivity index (χ1n) is 16.2. The Kier molecular flexibility index (Phi) is 9.91. The number of sulfonamides is 1. The average molecular weight is 651 g/mol. The smallest absolute Gasteiger partial charge is 0.243 e. The van der Waals surface area contributed by atoms with E-state index in [1.165, 1.54) is 0 Å². The van der Waals surface area contributed by atoms with Gasteiger partial charge in [-0.2, -0.15) is 4.31 Å². The fourth-order valence-corrected chi connectivity index (χ4v) is 8.34. The third kappa shape index (κ3) is 7.37. The maximum Gasteiger partial charge on any atom is 0.243 e. The minimum absolute atomic E-state index is 0.0192. The second-order valence-electron chi connectivity index (χ2n) is 12.9. The lowest BCUT2D eigenvalue weighted by molar-refractivity contribution is -0.0232. The third-order valence-electron chi connectivity index (χ3n) is 9.44. The summed E-state index contributed by atoms with van der Waals surface area (Å²) in [6.45, 7) is 8.31. The van der Waals surface area contributed by atoms with Gasteiger partial charge in [0.15, 0.2) is 0 Å². The van der Waals surface area contributed by atoms with Crippen LogP contribution in [0.25, 0.3) is 0 Å². The Morgan fingerprint density at radius 2 is 1.78 bits per heavy atom. The van der Waals surface area contributed by atoms with Crippen molar-refractivity contribution in [3.05, 3.63) is 83.4 Å². The topological polar surface area (TPSA) is 90.1 Å². The number of ether oxygens (including phenoxy) is 5. The third-order valence-corrected chi connectivity index (χ3v) is 11.4. The lowest BCUT2D eigenvalue weighted by Gasteiger charge is -2.44. The van der Waals surface area contributed by atoms with Crippen molar-refractivity contribution in [1.29, 1.82) is 0 Å². The van der Waals surface area contributed by atoms with Gasteiger partial charge in [-0.3, -0.25) is 0 Å². The van der Waals surface area contributed by atoms with E-state index in [9.17, 15) is 8.42 Å². The average Bonchev–Trinajstić information content (AvgIpc) is 3.80. The Morgan fingerprint density at radius 3 is 2.48 bits per heavy atom. The molecule has 6 rings (SSSR count). The second kappa shape index (κ2) is 13.9. The molecule has 0 unspecified atom stereocenters. The maximum atomic E-state index is 14.3. The van der Waals surface area contributed by atoms with Crippen LogP contribution in [0.4, 0.5) is 5.69 Å². The van der Waals surface area contributed by atoms with E-state index in [0.29, 0.717) is 44.2 Å². The van der Waals surface area contributed by atoms with Crippen molar-refractivity contribution in [3.8, 4) is 11.5 Å². The highest BCUT2D eigenvalue weighted by atomic mass is 32.2. The molecular weight excluding hydrogens is 604 g/mol. The second-order valence-corrected chi connectivity index (χ2v) is 14.8. The van der Waals surface area contributed by atoms with E-state index in [2.05, 4.69) is 30.0 Å². The molecular formula is C36H46N2O7S. The SMILES string of the molecule is COCCCN1CCOc2ccc(CO[C@H]3CN(S(=O)(=O)c4ccc(C)cc4)[C@@H](C[C@]4(C)CO4)C[C@@H]3c3ccc(OC)cc3)cc21. The van der Waals surface area contributed by atoms with E-state index in [1.807, 2.05) is 43.3 Å². The fraction of sp³-hybridized carbons (Fsp3) is 0.500. The Labute approximate surface area is 273 Å². The minimum atomic E-state index is -3.79. The molecule has 2 saturated heterocycles. The van der Waals surface area contributed by atoms with E-state index in [1.54, 1.807) is 30.7 Å². The normalized spacial score (nSPS) is 24.7. The molecule has 0 saturated carbocycles. The number of hydrogen-bond donors (Lipinski definition) is 0. The number of hydrogen-bond acceptors (Lipinski definition) is 8. The molecule has 0 amide bonds. The number of epoxide rings is 1. The van der Waals surface area contributed by atoms with Crippen LogP contribution in [0.3, 0.4) is 0 Å². The van der Waals surface area contributed by atoms with Crippen molar-refractivity contribution in [1.82, 2.24) is 4.31 Å². The molecule has 3 aromatic carbocycles. The molecule has 2 fully saturated rings. The van der Waals surface area contributed by atoms with Crippen LogP contribution in [0, 0.1) is 6.92 Å². The van der Waals surface area contributed by atoms with Crippen molar-refractivity contribution < 1.29 is 32.1 Å². The monoisotopic (exact) mass is 650 g/mol. The van der Waals surface area contributed by atoms with Crippen LogP contribution in [0.15, 0.2) is 71.6 Å². The van der Waals surface area contributed by atoms with Crippen molar-refractivity contribution in [2.45, 2.75) is 68.3 Å². The Hall–Kier alpha value is -3.15. The van der Waals surface area contributed by atoms with Gasteiger partial charge in [0.25, 0.3) is 0 Å². The van der Waals surface area contributed by atoms with Gasteiger partial charge in [0.2, 0.25) is 10.0 Å². The molecule has 4 atom stereocenters. The van der Waals surface area contributed by atoms with Crippen molar-refractivity contribution in [2.75, 3.05) is 58.6 Å². The summed E-state index contributed by atoms with van der Waals surface area (Å²) in [5.74, 6) is 1.63. The van der Waals surface area contributed by atoms with Gasteiger partial charge in [0.1, 0.15) is 18.1 Å². The number of methoxy groups -OCH3 is 2. The first kappa shape index (κ1) is 32.8. The summed E-state index contributed by atoms with van der Waals surface area (Å²) in [5, 5.41) is 0. The van der Waals surface area contributed by atoms with Crippen LogP contribution in [0.2, 0.25) is 0 Å². The minimum Gasteiger partial charge on any atom is -0.497 e. The molecule has 3 heterocycles. The lowest BCUT2D eigenvalue weighted by Crippen LogP contribution is -2.53. The van der Waals surface area contributed by atoms with Gasteiger partial charge in [-0.1, -0.05) is 35.9 Å². The highest BCUT2D eigenvalue weighted by Crippen LogP contribution is 2.43. The largest absolute Gasteiger partial charge is 0.497 e. The van der Waals surface area contributed by atoms with Crippen molar-refractivity contribution in [3.63, 3.8) is 0 Å². The lowest BCUT2D eigenvalue weighted by atomic mass is 9.81. The molecule has 0 radical (unpaired) electrons. The van der Waals surface area contributed by atoms with Crippen molar-refractivity contribution >= 4 is 15.7 Å². The van der Waals surface area contributed by atoms with Gasteiger partial charge in [0, 0.05) is 38.8 Å². The summed E-state index contributed by atoms with van der Waals surface area (Å²) in [7, 11) is -0.409. The van der Waals surface area contributed by atoms with Gasteiger partial charge in [-0.15, -0.1) is 0 Å². The molecule has 3 aliphatic rings. The first-order valence-corrected chi connectivity index (χ1v) is 17.6. The molecule has 0 bridgehead atoms. The highest BCUT2D eigenvalue weighted by Gasteiger charge is 2.49. The van der Waals surface area contributed by atoms with Crippen LogP contribution in [0.1, 0.15) is 48.8 Å². The molecule has 0 aliphatic carbocycles. The van der Waals surface area contributed by atoms with E-state index < -0.39 is 10.0 Å². The van der Waals surface area contributed by atoms with Gasteiger partial charge >= 0.3 is 0 Å². The predicted octanol–water partition coefficient (Wildman–Crippen LogP) is 5.55. The molecule has 248 valence electrons. The number of piperidine rings is 1. The highest BCUT2D eigenvalue weighted by molar-refractivity contribution is 7.89. The van der Waals surface area contributed by atoms with Crippen LogP contribution >= 0.6 is 0 Å². The Bertz CT molecular complexity index is 1570. The molecule has 9 nitrogen and oxygen atoms in total. The van der Waals surface area contributed by atoms with Gasteiger partial charge in [-0.25, -0.2) is 8.42 Å². The molecule has 46 heavy (non-hydrogen) atoms. The molecule has 3 aromatic rings. The fourth-order valence-electron chi connectivity index (χ4n) is 6.69. The molecule has 0 N–H and O–H groups in total. The number of benzene rings is 3. The maximum absolute atomic E-state index is 14.3. The van der Waals surface area contributed by atoms with Crippen LogP contribution in [-0.2, 0) is 30.8 Å². The van der Waals surface area contributed by atoms with E-state index >= 15 is 0 Å². The van der Waals surface area contributed by atoms with Crippen molar-refractivity contribution in [2.24, 2.45) is 0 Å². The standard InChI is InChI=1S/C36H46N2O7S/c1-26-6-13-31(14-7-26)46(39,40)38-23-35(32(21-29(38)22-36(2)25-45-36)28-9-11-30(42-4)12-10-28)44-24-27-8-15-34-33(20-27)37(17-19-43-34)16-5-18-41-3/h6-15,20,29,32,35H,5,16-19,21-25H2,1-4H3/t29-,32-,35+,36-/m1/s1. The Balaban J connectivity index is 1.29.